The zero-order chi connectivity index (χ0) is 11.3. The maximum atomic E-state index is 10.0. The second-order valence-corrected chi connectivity index (χ2v) is 4.19. The van der Waals surface area contributed by atoms with Crippen LogP contribution >= 0.6 is 11.6 Å². The Morgan fingerprint density at radius 2 is 1.93 bits per heavy atom. The predicted octanol–water partition coefficient (Wildman–Crippen LogP) is 3.05. The van der Waals surface area contributed by atoms with Crippen molar-refractivity contribution < 1.29 is 9.84 Å². The van der Waals surface area contributed by atoms with Gasteiger partial charge in [0.25, 0.3) is 0 Å². The van der Waals surface area contributed by atoms with Crippen LogP contribution in [-0.4, -0.2) is 18.8 Å². The summed E-state index contributed by atoms with van der Waals surface area (Å²) in [6.45, 7) is 2.68. The summed E-state index contributed by atoms with van der Waals surface area (Å²) in [5.41, 5.74) is 0.906. The molecule has 0 saturated carbocycles. The van der Waals surface area contributed by atoms with Gasteiger partial charge < -0.3 is 9.84 Å². The highest BCUT2D eigenvalue weighted by Gasteiger charge is 2.15. The first kappa shape index (κ1) is 12.5. The number of halogens is 1. The molecule has 0 radical (unpaired) electrons. The van der Waals surface area contributed by atoms with Gasteiger partial charge in [-0.2, -0.15) is 0 Å². The molecule has 1 N–H and O–H groups in total. The Labute approximate surface area is 95.8 Å². The lowest BCUT2D eigenvalue weighted by Crippen LogP contribution is -2.11. The van der Waals surface area contributed by atoms with E-state index in [2.05, 4.69) is 0 Å². The van der Waals surface area contributed by atoms with Crippen LogP contribution in [0.5, 0.6) is 0 Å². The summed E-state index contributed by atoms with van der Waals surface area (Å²) in [6.07, 6.45) is 0.401. The number of benzene rings is 1. The van der Waals surface area contributed by atoms with E-state index in [9.17, 15) is 5.11 Å². The van der Waals surface area contributed by atoms with Crippen LogP contribution in [0.25, 0.3) is 0 Å². The topological polar surface area (TPSA) is 29.5 Å². The molecule has 0 bridgehead atoms. The van der Waals surface area contributed by atoms with E-state index in [1.807, 2.05) is 19.1 Å². The van der Waals surface area contributed by atoms with E-state index in [1.54, 1.807) is 19.2 Å². The molecule has 0 spiro atoms. The fourth-order valence-corrected chi connectivity index (χ4v) is 1.58. The minimum absolute atomic E-state index is 0.186. The van der Waals surface area contributed by atoms with Gasteiger partial charge in [-0.05, 0) is 30.0 Å². The molecule has 1 rings (SSSR count). The number of aliphatic hydroxyl groups excluding tert-OH is 1. The van der Waals surface area contributed by atoms with Crippen LogP contribution in [0.15, 0.2) is 24.3 Å². The van der Waals surface area contributed by atoms with Crippen molar-refractivity contribution in [2.75, 3.05) is 13.7 Å². The molecule has 1 aromatic rings. The van der Waals surface area contributed by atoms with Crippen LogP contribution in [0.3, 0.4) is 0 Å². The normalized spacial score (nSPS) is 14.9. The van der Waals surface area contributed by atoms with Crippen molar-refractivity contribution in [2.24, 2.45) is 5.92 Å². The van der Waals surface area contributed by atoms with Gasteiger partial charge in [0.05, 0.1) is 6.10 Å². The smallest absolute Gasteiger partial charge is 0.0816 e. The molecule has 0 aliphatic heterocycles. The van der Waals surface area contributed by atoms with Gasteiger partial charge in [0.2, 0.25) is 0 Å². The summed E-state index contributed by atoms with van der Waals surface area (Å²) in [6, 6.07) is 7.30. The summed E-state index contributed by atoms with van der Waals surface area (Å²) >= 11 is 5.78. The fourth-order valence-electron chi connectivity index (χ4n) is 1.45. The van der Waals surface area contributed by atoms with Crippen molar-refractivity contribution in [3.05, 3.63) is 34.9 Å². The lowest BCUT2D eigenvalue weighted by molar-refractivity contribution is 0.0886. The van der Waals surface area contributed by atoms with E-state index in [4.69, 9.17) is 16.3 Å². The van der Waals surface area contributed by atoms with Gasteiger partial charge in [-0.3, -0.25) is 0 Å². The average Bonchev–Trinajstić information content (AvgIpc) is 2.26. The molecule has 15 heavy (non-hydrogen) atoms. The van der Waals surface area contributed by atoms with E-state index < -0.39 is 6.10 Å². The third-order valence-corrected chi connectivity index (χ3v) is 2.78. The Morgan fingerprint density at radius 1 is 1.33 bits per heavy atom. The number of methoxy groups -OCH3 is 1. The van der Waals surface area contributed by atoms with Gasteiger partial charge in [0.1, 0.15) is 0 Å². The summed E-state index contributed by atoms with van der Waals surface area (Å²) in [5, 5.41) is 10.7. The van der Waals surface area contributed by atoms with Crippen molar-refractivity contribution in [3.63, 3.8) is 0 Å². The number of aliphatic hydroxyl groups is 1. The molecule has 1 aromatic carbocycles. The van der Waals surface area contributed by atoms with Crippen molar-refractivity contribution in [1.29, 1.82) is 0 Å². The number of rotatable bonds is 5. The average molecular weight is 229 g/mol. The van der Waals surface area contributed by atoms with Gasteiger partial charge in [-0.1, -0.05) is 30.7 Å². The van der Waals surface area contributed by atoms with Crippen LogP contribution in [0.2, 0.25) is 5.02 Å². The quantitative estimate of drug-likeness (QED) is 0.840. The lowest BCUT2D eigenvalue weighted by atomic mass is 9.95. The SMILES string of the molecule is COCCC(C)C(O)c1ccc(Cl)cc1. The van der Waals surface area contributed by atoms with Crippen LogP contribution in [0.4, 0.5) is 0 Å². The van der Waals surface area contributed by atoms with Crippen molar-refractivity contribution in [2.45, 2.75) is 19.4 Å². The molecule has 84 valence electrons. The molecule has 2 atom stereocenters. The van der Waals surface area contributed by atoms with E-state index in [0.29, 0.717) is 11.6 Å². The second-order valence-electron chi connectivity index (χ2n) is 3.76. The number of hydrogen-bond donors (Lipinski definition) is 1. The largest absolute Gasteiger partial charge is 0.388 e. The summed E-state index contributed by atoms with van der Waals surface area (Å²) in [7, 11) is 1.67. The number of hydrogen-bond acceptors (Lipinski definition) is 2. The van der Waals surface area contributed by atoms with E-state index >= 15 is 0 Å². The molecule has 0 aromatic heterocycles. The summed E-state index contributed by atoms with van der Waals surface area (Å²) in [4.78, 5) is 0. The monoisotopic (exact) mass is 228 g/mol. The molecule has 3 heteroatoms. The summed E-state index contributed by atoms with van der Waals surface area (Å²) < 4.78 is 4.99. The van der Waals surface area contributed by atoms with Gasteiger partial charge in [-0.25, -0.2) is 0 Å². The third kappa shape index (κ3) is 3.82. The first-order chi connectivity index (χ1) is 7.15. The first-order valence-corrected chi connectivity index (χ1v) is 5.45. The standard InChI is InChI=1S/C12H17ClO2/c1-9(7-8-15-2)12(14)10-3-5-11(13)6-4-10/h3-6,9,12,14H,7-8H2,1-2H3. The molecule has 0 aliphatic carbocycles. The van der Waals surface area contributed by atoms with Crippen LogP contribution in [0.1, 0.15) is 25.0 Å². The van der Waals surface area contributed by atoms with Crippen molar-refractivity contribution in [3.8, 4) is 0 Å². The van der Waals surface area contributed by atoms with Crippen LogP contribution in [0, 0.1) is 5.92 Å². The Morgan fingerprint density at radius 3 is 2.47 bits per heavy atom. The fraction of sp³-hybridized carbons (Fsp3) is 0.500. The lowest BCUT2D eigenvalue weighted by Gasteiger charge is -2.18. The maximum Gasteiger partial charge on any atom is 0.0816 e. The Kier molecular flexibility index (Phi) is 5.09. The van der Waals surface area contributed by atoms with E-state index in [1.165, 1.54) is 0 Å². The Balaban J connectivity index is 2.59. The van der Waals surface area contributed by atoms with Crippen molar-refractivity contribution >= 4 is 11.6 Å². The molecular formula is C12H17ClO2. The number of ether oxygens (including phenoxy) is 1. The van der Waals surface area contributed by atoms with Gasteiger partial charge >= 0.3 is 0 Å². The third-order valence-electron chi connectivity index (χ3n) is 2.53. The van der Waals surface area contributed by atoms with Gasteiger partial charge in [0.15, 0.2) is 0 Å². The second kappa shape index (κ2) is 6.11. The molecule has 2 nitrogen and oxygen atoms in total. The summed E-state index contributed by atoms with van der Waals surface area (Å²) in [5.74, 6) is 0.186. The molecule has 0 aliphatic rings. The van der Waals surface area contributed by atoms with Crippen LogP contribution < -0.4 is 0 Å². The highest BCUT2D eigenvalue weighted by molar-refractivity contribution is 6.30. The Hall–Kier alpha value is -0.570. The Bertz CT molecular complexity index is 284. The van der Waals surface area contributed by atoms with Crippen molar-refractivity contribution in [1.82, 2.24) is 0 Å². The van der Waals surface area contributed by atoms with E-state index in [-0.39, 0.29) is 5.92 Å². The molecule has 0 fully saturated rings. The highest BCUT2D eigenvalue weighted by Crippen LogP contribution is 2.25. The first-order valence-electron chi connectivity index (χ1n) is 5.07. The highest BCUT2D eigenvalue weighted by atomic mass is 35.5. The predicted molar refractivity (Wildman–Crippen MR) is 62.1 cm³/mol. The van der Waals surface area contributed by atoms with E-state index in [0.717, 1.165) is 12.0 Å². The molecule has 0 heterocycles. The molecule has 0 saturated heterocycles. The van der Waals surface area contributed by atoms with Gasteiger partial charge in [0, 0.05) is 18.7 Å². The minimum atomic E-state index is -0.447. The van der Waals surface area contributed by atoms with Crippen LogP contribution in [-0.2, 0) is 4.74 Å². The zero-order valence-corrected chi connectivity index (χ0v) is 9.87. The van der Waals surface area contributed by atoms with Gasteiger partial charge in [-0.15, -0.1) is 0 Å². The molecule has 0 amide bonds. The molecular weight excluding hydrogens is 212 g/mol. The molecule has 2 unspecified atom stereocenters. The minimum Gasteiger partial charge on any atom is -0.388 e. The zero-order valence-electron chi connectivity index (χ0n) is 9.11. The maximum absolute atomic E-state index is 10.0.